The van der Waals surface area contributed by atoms with E-state index in [0.29, 0.717) is 44.7 Å². The van der Waals surface area contributed by atoms with Crippen molar-refractivity contribution in [3.05, 3.63) is 24.2 Å². The van der Waals surface area contributed by atoms with Crippen molar-refractivity contribution in [2.45, 2.75) is 64.6 Å². The number of carboxylic acid groups (broad SMARTS) is 2. The van der Waals surface area contributed by atoms with E-state index in [1.807, 2.05) is 12.1 Å². The van der Waals surface area contributed by atoms with Gasteiger partial charge in [-0.05, 0) is 30.4 Å². The second-order valence-electron chi connectivity index (χ2n) is 9.46. The van der Waals surface area contributed by atoms with Crippen LogP contribution in [0.5, 0.6) is 0 Å². The zero-order chi connectivity index (χ0) is 29.4. The monoisotopic (exact) mass is 551 g/mol. The maximum absolute atomic E-state index is 11.8. The molecule has 0 amide bonds. The Labute approximate surface area is 226 Å². The van der Waals surface area contributed by atoms with Gasteiger partial charge in [0.25, 0.3) is 0 Å². The molecule has 1 unspecified atom stereocenters. The van der Waals surface area contributed by atoms with Gasteiger partial charge in [-0.15, -0.1) is 0 Å². The van der Waals surface area contributed by atoms with Crippen LogP contribution in [-0.2, 0) is 35.0 Å². The van der Waals surface area contributed by atoms with Crippen LogP contribution < -0.4 is 5.73 Å². The molecule has 0 radical (unpaired) electrons. The van der Waals surface area contributed by atoms with E-state index in [1.165, 1.54) is 6.33 Å². The molecule has 216 valence electrons. The molecule has 0 aliphatic carbocycles. The van der Waals surface area contributed by atoms with Crippen LogP contribution in [0.2, 0.25) is 0 Å². The molecule has 3 rings (SSSR count). The number of nitrogen functional groups attached to an aromatic ring is 1. The van der Waals surface area contributed by atoms with Gasteiger partial charge in [0.2, 0.25) is 0 Å². The summed E-state index contributed by atoms with van der Waals surface area (Å²) in [6.45, 7) is 8.10. The van der Waals surface area contributed by atoms with Gasteiger partial charge in [-0.25, -0.2) is 19.6 Å². The number of aromatic nitrogens is 3. The molecule has 0 spiro atoms. The number of hydrogen-bond acceptors (Lipinski definition) is 11. The smallest absolute Gasteiger partial charge is 0.481 e. The number of hydrogen-bond donors (Lipinski definition) is 3. The van der Waals surface area contributed by atoms with E-state index in [0.717, 1.165) is 11.2 Å². The maximum Gasteiger partial charge on any atom is 0.508 e. The Kier molecular flexibility index (Phi) is 14.2. The molecule has 4 N–H and O–H groups in total. The number of nitrogens with two attached hydrogens (primary N) is 1. The minimum absolute atomic E-state index is 0.112. The summed E-state index contributed by atoms with van der Waals surface area (Å²) >= 11 is 0. The van der Waals surface area contributed by atoms with Gasteiger partial charge >= 0.3 is 18.1 Å². The first kappa shape index (κ1) is 33.1. The van der Waals surface area contributed by atoms with E-state index < -0.39 is 23.5 Å². The van der Waals surface area contributed by atoms with Crippen molar-refractivity contribution >= 4 is 29.4 Å². The van der Waals surface area contributed by atoms with E-state index in [2.05, 4.69) is 16.7 Å². The van der Waals surface area contributed by atoms with Gasteiger partial charge in [0.15, 0.2) is 5.82 Å². The standard InChI is InChI=1S/C17H24N4O5.C7H12O4.CHN/c1-23-14(10-25-17(22)26-13-6-8-24-9-7-13)4-2-12-3-5-15-16(18)19-11-20-21(12)15;1-7(2,3-5(8)9)4-6(10)11;1-2/h3,5,11,13-14H,2,4,6-10H2,1H3,(H2,18,19,20);3-4H2,1-2H3,(H,8,9)(H,10,11);1H. The highest BCUT2D eigenvalue weighted by Crippen LogP contribution is 2.24. The van der Waals surface area contributed by atoms with Crippen molar-refractivity contribution in [1.29, 1.82) is 5.26 Å². The number of carboxylic acids is 2. The summed E-state index contributed by atoms with van der Waals surface area (Å²) in [6.07, 6.45) is 2.94. The molecule has 3 heterocycles. The third kappa shape index (κ3) is 12.4. The minimum atomic E-state index is -0.962. The Morgan fingerprint density at radius 1 is 1.21 bits per heavy atom. The molecule has 1 aliphatic rings. The van der Waals surface area contributed by atoms with Gasteiger partial charge < -0.3 is 34.9 Å². The van der Waals surface area contributed by atoms with E-state index in [-0.39, 0.29) is 31.7 Å². The quantitative estimate of drug-likeness (QED) is 0.343. The molecule has 1 atom stereocenters. The second kappa shape index (κ2) is 16.8. The molecule has 1 saturated heterocycles. The Balaban J connectivity index is 0.000000495. The van der Waals surface area contributed by atoms with E-state index >= 15 is 0 Å². The van der Waals surface area contributed by atoms with Crippen molar-refractivity contribution in [2.24, 2.45) is 5.41 Å². The highest BCUT2D eigenvalue weighted by atomic mass is 16.7. The highest BCUT2D eigenvalue weighted by Gasteiger charge is 2.24. The molecular weight excluding hydrogens is 514 g/mol. The average molecular weight is 552 g/mol. The van der Waals surface area contributed by atoms with Crippen LogP contribution >= 0.6 is 0 Å². The summed E-state index contributed by atoms with van der Waals surface area (Å²) in [4.78, 5) is 36.2. The Bertz CT molecular complexity index is 1060. The van der Waals surface area contributed by atoms with Gasteiger partial charge in [-0.3, -0.25) is 9.59 Å². The molecular formula is C25H37N5O9. The number of carbonyl (C=O) groups is 3. The number of aryl methyl sites for hydroxylation is 1. The second-order valence-corrected chi connectivity index (χ2v) is 9.46. The van der Waals surface area contributed by atoms with Gasteiger partial charge in [-0.2, -0.15) is 5.10 Å². The maximum atomic E-state index is 11.8. The van der Waals surface area contributed by atoms with Gasteiger partial charge in [0.1, 0.15) is 24.6 Å². The summed E-state index contributed by atoms with van der Waals surface area (Å²) < 4.78 is 22.9. The molecule has 2 aromatic rings. The van der Waals surface area contributed by atoms with Crippen molar-refractivity contribution in [3.63, 3.8) is 0 Å². The van der Waals surface area contributed by atoms with Gasteiger partial charge in [0.05, 0.1) is 32.2 Å². The van der Waals surface area contributed by atoms with Crippen molar-refractivity contribution in [1.82, 2.24) is 14.6 Å². The highest BCUT2D eigenvalue weighted by molar-refractivity contribution is 5.71. The lowest BCUT2D eigenvalue weighted by Crippen LogP contribution is -2.28. The summed E-state index contributed by atoms with van der Waals surface area (Å²) in [6, 6.07) is 3.83. The zero-order valence-corrected chi connectivity index (χ0v) is 22.4. The summed E-state index contributed by atoms with van der Waals surface area (Å²) in [5.41, 5.74) is 6.94. The fraction of sp³-hybridized carbons (Fsp3) is 0.600. The average Bonchev–Trinajstić information content (AvgIpc) is 3.29. The third-order valence-electron chi connectivity index (χ3n) is 5.69. The van der Waals surface area contributed by atoms with Crippen LogP contribution in [0, 0.1) is 17.2 Å². The fourth-order valence-corrected chi connectivity index (χ4v) is 3.78. The summed E-state index contributed by atoms with van der Waals surface area (Å²) in [5, 5.41) is 27.5. The predicted molar refractivity (Wildman–Crippen MR) is 138 cm³/mol. The molecule has 14 nitrogen and oxygen atoms in total. The first-order valence-electron chi connectivity index (χ1n) is 12.2. The van der Waals surface area contributed by atoms with Crippen molar-refractivity contribution < 1.29 is 43.5 Å². The largest absolute Gasteiger partial charge is 0.508 e. The van der Waals surface area contributed by atoms with Crippen LogP contribution in [0.15, 0.2) is 18.5 Å². The number of nitriles is 1. The fourth-order valence-electron chi connectivity index (χ4n) is 3.78. The Morgan fingerprint density at radius 2 is 1.82 bits per heavy atom. The Morgan fingerprint density at radius 3 is 2.38 bits per heavy atom. The lowest BCUT2D eigenvalue weighted by atomic mass is 9.86. The normalized spacial score (nSPS) is 14.2. The first-order valence-corrected chi connectivity index (χ1v) is 12.2. The SMILES string of the molecule is C#N.CC(C)(CC(=O)O)CC(=O)O.COC(CCc1ccc2c(N)ncnn12)COC(=O)OC1CCOCC1. The summed E-state index contributed by atoms with van der Waals surface area (Å²) in [5.74, 6) is -1.48. The third-order valence-corrected chi connectivity index (χ3v) is 5.69. The number of aliphatic carboxylic acids is 2. The molecule has 0 bridgehead atoms. The minimum Gasteiger partial charge on any atom is -0.481 e. The van der Waals surface area contributed by atoms with Crippen LogP contribution in [0.25, 0.3) is 5.52 Å². The van der Waals surface area contributed by atoms with Crippen LogP contribution in [0.4, 0.5) is 10.6 Å². The number of fused-ring (bicyclic) bond motifs is 1. The van der Waals surface area contributed by atoms with Crippen LogP contribution in [-0.4, -0.2) is 82.0 Å². The number of nitrogens with zero attached hydrogens (tertiary/aromatic N) is 4. The molecule has 2 aromatic heterocycles. The molecule has 0 saturated carbocycles. The molecule has 14 heteroatoms. The lowest BCUT2D eigenvalue weighted by Gasteiger charge is -2.22. The van der Waals surface area contributed by atoms with E-state index in [9.17, 15) is 14.4 Å². The topological polar surface area (TPSA) is 209 Å². The lowest BCUT2D eigenvalue weighted by molar-refractivity contribution is -0.142. The number of carbonyl (C=O) groups excluding carboxylic acids is 1. The van der Waals surface area contributed by atoms with Crippen molar-refractivity contribution in [3.8, 4) is 6.57 Å². The molecule has 1 fully saturated rings. The predicted octanol–water partition coefficient (Wildman–Crippen LogP) is 2.69. The van der Waals surface area contributed by atoms with Crippen molar-refractivity contribution in [2.75, 3.05) is 32.7 Å². The Hall–Kier alpha value is -3.96. The van der Waals surface area contributed by atoms with E-state index in [4.69, 9.17) is 40.2 Å². The summed E-state index contributed by atoms with van der Waals surface area (Å²) in [7, 11) is 1.59. The van der Waals surface area contributed by atoms with Gasteiger partial charge in [-0.1, -0.05) is 13.8 Å². The van der Waals surface area contributed by atoms with E-state index in [1.54, 1.807) is 25.5 Å². The molecule has 1 aliphatic heterocycles. The number of methoxy groups -OCH3 is 1. The first-order chi connectivity index (χ1) is 18.5. The number of anilines is 1. The number of ether oxygens (including phenoxy) is 4. The molecule has 0 aromatic carbocycles. The number of rotatable bonds is 11. The molecule has 39 heavy (non-hydrogen) atoms. The zero-order valence-electron chi connectivity index (χ0n) is 22.4. The van der Waals surface area contributed by atoms with Gasteiger partial charge in [0, 0.05) is 32.2 Å². The van der Waals surface area contributed by atoms with Crippen LogP contribution in [0.3, 0.4) is 0 Å². The van der Waals surface area contributed by atoms with Crippen LogP contribution in [0.1, 0.15) is 51.6 Å².